The van der Waals surface area contributed by atoms with Gasteiger partial charge in [0, 0.05) is 17.7 Å². The number of nitrogens with zero attached hydrogens (tertiary/aromatic N) is 2. The fourth-order valence-electron chi connectivity index (χ4n) is 4.28. The molecule has 0 aliphatic carbocycles. The average molecular weight is 611 g/mol. The molecule has 7 nitrogen and oxygen atoms in total. The van der Waals surface area contributed by atoms with Crippen LogP contribution in [0.15, 0.2) is 83.7 Å². The summed E-state index contributed by atoms with van der Waals surface area (Å²) in [4.78, 5) is 34.2. The Morgan fingerprint density at radius 3 is 2.48 bits per heavy atom. The van der Waals surface area contributed by atoms with Crippen LogP contribution < -0.4 is 10.6 Å². The Morgan fingerprint density at radius 2 is 1.76 bits per heavy atom. The number of halogens is 3. The van der Waals surface area contributed by atoms with Crippen molar-refractivity contribution in [3.05, 3.63) is 106 Å². The number of rotatable bonds is 11. The van der Waals surface area contributed by atoms with Crippen LogP contribution in [0, 0.1) is 0 Å². The van der Waals surface area contributed by atoms with Gasteiger partial charge in [-0.25, -0.2) is 9.97 Å². The van der Waals surface area contributed by atoms with Gasteiger partial charge in [0.2, 0.25) is 5.91 Å². The van der Waals surface area contributed by atoms with E-state index in [0.29, 0.717) is 53.6 Å². The van der Waals surface area contributed by atoms with Crippen molar-refractivity contribution in [1.82, 2.24) is 9.97 Å². The van der Waals surface area contributed by atoms with Crippen LogP contribution in [0.4, 0.5) is 24.0 Å². The summed E-state index contributed by atoms with van der Waals surface area (Å²) in [5.74, 6) is -1.43. The van der Waals surface area contributed by atoms with Gasteiger partial charge in [-0.15, -0.1) is 11.3 Å². The monoisotopic (exact) mass is 610 g/mol. The van der Waals surface area contributed by atoms with Crippen molar-refractivity contribution < 1.29 is 27.5 Å². The molecule has 1 unspecified atom stereocenters. The van der Waals surface area contributed by atoms with Gasteiger partial charge in [-0.05, 0) is 54.3 Å². The Balaban J connectivity index is 1.27. The molecule has 0 saturated carbocycles. The SMILES string of the molecule is O=C(Nc1ccc2nc(NC(=O)C(CCCOCc3ccccc3)c3ccc(C(F)(F)F)cc3)sc2c1)c1cscn1. The summed E-state index contributed by atoms with van der Waals surface area (Å²) in [6, 6.07) is 19.5. The maximum Gasteiger partial charge on any atom is 0.416 e. The molecule has 216 valence electrons. The molecule has 2 heterocycles. The van der Waals surface area contributed by atoms with Crippen LogP contribution in [0.3, 0.4) is 0 Å². The van der Waals surface area contributed by atoms with Crippen LogP contribution in [0.5, 0.6) is 0 Å². The van der Waals surface area contributed by atoms with Gasteiger partial charge in [-0.3, -0.25) is 9.59 Å². The van der Waals surface area contributed by atoms with Gasteiger partial charge in [0.1, 0.15) is 5.69 Å². The normalized spacial score (nSPS) is 12.3. The largest absolute Gasteiger partial charge is 0.416 e. The number of alkyl halides is 3. The minimum absolute atomic E-state index is 0.317. The molecule has 1 atom stereocenters. The maximum absolute atomic E-state index is 13.4. The van der Waals surface area contributed by atoms with Gasteiger partial charge in [0.05, 0.1) is 33.8 Å². The van der Waals surface area contributed by atoms with Crippen LogP contribution in [-0.4, -0.2) is 28.4 Å². The van der Waals surface area contributed by atoms with E-state index in [1.807, 2.05) is 30.3 Å². The van der Waals surface area contributed by atoms with Crippen LogP contribution in [0.2, 0.25) is 0 Å². The van der Waals surface area contributed by atoms with Gasteiger partial charge >= 0.3 is 6.18 Å². The van der Waals surface area contributed by atoms with E-state index in [2.05, 4.69) is 20.6 Å². The quantitative estimate of drug-likeness (QED) is 0.149. The predicted molar refractivity (Wildman–Crippen MR) is 158 cm³/mol. The molecule has 0 bridgehead atoms. The molecule has 2 aromatic heterocycles. The molecule has 0 fully saturated rings. The Labute approximate surface area is 247 Å². The number of carbonyl (C=O) groups excluding carboxylic acids is 2. The zero-order valence-electron chi connectivity index (χ0n) is 22.1. The number of benzene rings is 3. The van der Waals surface area contributed by atoms with E-state index >= 15 is 0 Å². The van der Waals surface area contributed by atoms with E-state index in [-0.39, 0.29) is 11.8 Å². The first-order valence-corrected chi connectivity index (χ1v) is 14.7. The third-order valence-electron chi connectivity index (χ3n) is 6.39. The van der Waals surface area contributed by atoms with Crippen LogP contribution in [-0.2, 0) is 22.3 Å². The summed E-state index contributed by atoms with van der Waals surface area (Å²) in [6.07, 6.45) is -3.58. The molecule has 5 aromatic rings. The van der Waals surface area contributed by atoms with Crippen molar-refractivity contribution in [2.45, 2.75) is 31.5 Å². The van der Waals surface area contributed by atoms with Gasteiger partial charge in [-0.2, -0.15) is 13.2 Å². The topological polar surface area (TPSA) is 93.2 Å². The summed E-state index contributed by atoms with van der Waals surface area (Å²) in [7, 11) is 0. The number of carbonyl (C=O) groups is 2. The number of thiazole rings is 2. The summed E-state index contributed by atoms with van der Waals surface area (Å²) >= 11 is 2.55. The smallest absolute Gasteiger partial charge is 0.377 e. The standard InChI is InChI=1S/C30H25F3N4O3S2/c31-30(32,33)21-10-8-20(9-11-21)23(7-4-14-40-16-19-5-2-1-3-6-19)27(38)37-29-36-24-13-12-22(15-26(24)42-29)35-28(39)25-17-41-18-34-25/h1-3,5-6,8-13,15,17-18,23H,4,7,14,16H2,(H,35,39)(H,36,37,38). The first-order chi connectivity index (χ1) is 20.3. The molecule has 0 aliphatic rings. The Morgan fingerprint density at radius 1 is 0.976 bits per heavy atom. The molecule has 12 heteroatoms. The average Bonchev–Trinajstić information content (AvgIpc) is 3.65. The van der Waals surface area contributed by atoms with Crippen molar-refractivity contribution in [2.75, 3.05) is 17.2 Å². The summed E-state index contributed by atoms with van der Waals surface area (Å²) in [6.45, 7) is 0.811. The molecule has 42 heavy (non-hydrogen) atoms. The van der Waals surface area contributed by atoms with E-state index in [4.69, 9.17) is 4.74 Å². The molecule has 0 aliphatic heterocycles. The van der Waals surface area contributed by atoms with E-state index in [9.17, 15) is 22.8 Å². The number of nitrogens with one attached hydrogen (secondary N) is 2. The first kappa shape index (κ1) is 29.4. The highest BCUT2D eigenvalue weighted by Gasteiger charge is 2.31. The van der Waals surface area contributed by atoms with Crippen LogP contribution in [0.25, 0.3) is 10.2 Å². The lowest BCUT2D eigenvalue weighted by atomic mass is 9.92. The van der Waals surface area contributed by atoms with Gasteiger partial charge in [-0.1, -0.05) is 53.8 Å². The second-order valence-corrected chi connectivity index (χ2v) is 11.1. The molecular formula is C30H25F3N4O3S2. The predicted octanol–water partition coefficient (Wildman–Crippen LogP) is 7.74. The second-order valence-electron chi connectivity index (χ2n) is 9.37. The molecule has 2 N–H and O–H groups in total. The highest BCUT2D eigenvalue weighted by molar-refractivity contribution is 7.22. The Bertz CT molecular complexity index is 1640. The lowest BCUT2D eigenvalue weighted by molar-refractivity contribution is -0.137. The highest BCUT2D eigenvalue weighted by Crippen LogP contribution is 2.33. The lowest BCUT2D eigenvalue weighted by Gasteiger charge is -2.17. The van der Waals surface area contributed by atoms with E-state index < -0.39 is 17.7 Å². The van der Waals surface area contributed by atoms with Gasteiger partial charge < -0.3 is 15.4 Å². The number of ether oxygens (including phenoxy) is 1. The number of hydrogen-bond donors (Lipinski definition) is 2. The van der Waals surface area contributed by atoms with Gasteiger partial charge in [0.25, 0.3) is 5.91 Å². The van der Waals surface area contributed by atoms with Crippen molar-refractivity contribution in [3.8, 4) is 0 Å². The minimum atomic E-state index is -4.47. The number of amides is 2. The molecule has 0 radical (unpaired) electrons. The van der Waals surface area contributed by atoms with Crippen molar-refractivity contribution in [2.24, 2.45) is 0 Å². The minimum Gasteiger partial charge on any atom is -0.377 e. The third-order valence-corrected chi connectivity index (χ3v) is 7.91. The number of hydrogen-bond acceptors (Lipinski definition) is 7. The van der Waals surface area contributed by atoms with Crippen molar-refractivity contribution in [1.29, 1.82) is 0 Å². The molecular weight excluding hydrogens is 585 g/mol. The number of aromatic nitrogens is 2. The Hall–Kier alpha value is -4.13. The van der Waals surface area contributed by atoms with Crippen LogP contribution >= 0.6 is 22.7 Å². The molecule has 3 aromatic carbocycles. The maximum atomic E-state index is 13.4. The van der Waals surface area contributed by atoms with Gasteiger partial charge in [0.15, 0.2) is 5.13 Å². The van der Waals surface area contributed by atoms with Crippen molar-refractivity contribution >= 4 is 55.5 Å². The third kappa shape index (κ3) is 7.58. The van der Waals surface area contributed by atoms with E-state index in [0.717, 1.165) is 22.4 Å². The second kappa shape index (κ2) is 13.2. The van der Waals surface area contributed by atoms with Crippen LogP contribution in [0.1, 0.15) is 45.9 Å². The fraction of sp³-hybridized carbons (Fsp3) is 0.200. The van der Waals surface area contributed by atoms with E-state index in [1.54, 1.807) is 29.1 Å². The molecule has 0 saturated heterocycles. The number of anilines is 2. The molecule has 5 rings (SSSR count). The summed E-state index contributed by atoms with van der Waals surface area (Å²) in [5.41, 5.74) is 3.79. The van der Waals surface area contributed by atoms with E-state index in [1.165, 1.54) is 34.8 Å². The summed E-state index contributed by atoms with van der Waals surface area (Å²) < 4.78 is 45.9. The first-order valence-electron chi connectivity index (χ1n) is 13.0. The lowest BCUT2D eigenvalue weighted by Crippen LogP contribution is -2.22. The highest BCUT2D eigenvalue weighted by atomic mass is 32.1. The molecule has 2 amide bonds. The Kier molecular flexibility index (Phi) is 9.25. The number of fused-ring (bicyclic) bond motifs is 1. The zero-order valence-corrected chi connectivity index (χ0v) is 23.7. The fourth-order valence-corrected chi connectivity index (χ4v) is 5.72. The van der Waals surface area contributed by atoms with Crippen molar-refractivity contribution in [3.63, 3.8) is 0 Å². The molecule has 0 spiro atoms. The summed E-state index contributed by atoms with van der Waals surface area (Å²) in [5, 5.41) is 7.62. The zero-order chi connectivity index (χ0) is 29.5.